The van der Waals surface area contributed by atoms with Crippen LogP contribution in [0.4, 0.5) is 11.4 Å². The summed E-state index contributed by atoms with van der Waals surface area (Å²) in [5.74, 6) is 1.98. The fraction of sp³-hybridized carbons (Fsp3) is 0.174. The second-order valence-electron chi connectivity index (χ2n) is 6.62. The van der Waals surface area contributed by atoms with Crippen LogP contribution in [0.25, 0.3) is 22.6 Å². The SMILES string of the molecule is CN(c1ccc(Cl)cc1)c1ccc2nc(-c3ccc(OCCCCl)cc3)oc2c1. The van der Waals surface area contributed by atoms with Crippen molar-refractivity contribution in [2.24, 2.45) is 0 Å². The second kappa shape index (κ2) is 8.76. The van der Waals surface area contributed by atoms with Crippen LogP contribution in [0, 0.1) is 0 Å². The van der Waals surface area contributed by atoms with Crippen LogP contribution in [0.2, 0.25) is 5.02 Å². The maximum absolute atomic E-state index is 6.02. The Morgan fingerprint density at radius 2 is 1.69 bits per heavy atom. The molecular formula is C23H20Cl2N2O2. The molecule has 1 aromatic heterocycles. The number of aromatic nitrogens is 1. The van der Waals surface area contributed by atoms with Crippen molar-refractivity contribution in [2.45, 2.75) is 6.42 Å². The fourth-order valence-corrected chi connectivity index (χ4v) is 3.23. The first kappa shape index (κ1) is 19.6. The van der Waals surface area contributed by atoms with E-state index in [9.17, 15) is 0 Å². The van der Waals surface area contributed by atoms with Gasteiger partial charge in [-0.05, 0) is 67.1 Å². The number of rotatable bonds is 7. The molecule has 0 fully saturated rings. The van der Waals surface area contributed by atoms with E-state index in [1.165, 1.54) is 0 Å². The van der Waals surface area contributed by atoms with E-state index >= 15 is 0 Å². The minimum absolute atomic E-state index is 0.582. The first-order valence-electron chi connectivity index (χ1n) is 9.33. The average Bonchev–Trinajstić information content (AvgIpc) is 3.18. The molecule has 148 valence electrons. The molecule has 4 nitrogen and oxygen atoms in total. The molecule has 1 heterocycles. The maximum Gasteiger partial charge on any atom is 0.227 e. The van der Waals surface area contributed by atoms with Gasteiger partial charge in [0.25, 0.3) is 0 Å². The molecule has 0 aliphatic heterocycles. The van der Waals surface area contributed by atoms with Crippen LogP contribution < -0.4 is 9.64 Å². The van der Waals surface area contributed by atoms with Gasteiger partial charge in [-0.15, -0.1) is 11.6 Å². The summed E-state index contributed by atoms with van der Waals surface area (Å²) < 4.78 is 11.7. The quantitative estimate of drug-likeness (QED) is 0.237. The van der Waals surface area contributed by atoms with E-state index in [2.05, 4.69) is 9.88 Å². The lowest BCUT2D eigenvalue weighted by Crippen LogP contribution is -2.08. The monoisotopic (exact) mass is 426 g/mol. The number of hydrogen-bond acceptors (Lipinski definition) is 4. The van der Waals surface area contributed by atoms with Gasteiger partial charge in [0.15, 0.2) is 5.58 Å². The summed E-state index contributed by atoms with van der Waals surface area (Å²) in [6, 6.07) is 21.4. The summed E-state index contributed by atoms with van der Waals surface area (Å²) in [7, 11) is 2.00. The summed E-state index contributed by atoms with van der Waals surface area (Å²) in [5.41, 5.74) is 4.50. The van der Waals surface area contributed by atoms with Crippen molar-refractivity contribution in [3.8, 4) is 17.2 Å². The fourth-order valence-electron chi connectivity index (χ4n) is 3.00. The van der Waals surface area contributed by atoms with Crippen molar-refractivity contribution in [3.05, 3.63) is 71.8 Å². The third-order valence-electron chi connectivity index (χ3n) is 4.62. The number of halogens is 2. The Morgan fingerprint density at radius 3 is 2.41 bits per heavy atom. The highest BCUT2D eigenvalue weighted by molar-refractivity contribution is 6.30. The first-order chi connectivity index (χ1) is 14.1. The van der Waals surface area contributed by atoms with E-state index < -0.39 is 0 Å². The molecule has 6 heteroatoms. The molecule has 0 bridgehead atoms. The lowest BCUT2D eigenvalue weighted by Gasteiger charge is -2.19. The molecule has 0 radical (unpaired) electrons. The largest absolute Gasteiger partial charge is 0.494 e. The average molecular weight is 427 g/mol. The number of ether oxygens (including phenoxy) is 1. The van der Waals surface area contributed by atoms with Gasteiger partial charge in [0.1, 0.15) is 11.3 Å². The number of anilines is 2. The van der Waals surface area contributed by atoms with E-state index in [0.717, 1.165) is 40.2 Å². The van der Waals surface area contributed by atoms with Crippen LogP contribution in [0.15, 0.2) is 71.1 Å². The van der Waals surface area contributed by atoms with Crippen molar-refractivity contribution in [1.29, 1.82) is 0 Å². The van der Waals surface area contributed by atoms with Gasteiger partial charge in [-0.2, -0.15) is 0 Å². The van der Waals surface area contributed by atoms with Gasteiger partial charge in [0, 0.05) is 41.0 Å². The van der Waals surface area contributed by atoms with Gasteiger partial charge < -0.3 is 14.1 Å². The van der Waals surface area contributed by atoms with E-state index in [4.69, 9.17) is 32.4 Å². The van der Waals surface area contributed by atoms with Gasteiger partial charge >= 0.3 is 0 Å². The molecule has 29 heavy (non-hydrogen) atoms. The zero-order valence-electron chi connectivity index (χ0n) is 15.9. The third-order valence-corrected chi connectivity index (χ3v) is 5.14. The minimum atomic E-state index is 0.582. The van der Waals surface area contributed by atoms with Crippen LogP contribution in [0.3, 0.4) is 0 Å². The Balaban J connectivity index is 1.56. The summed E-state index contributed by atoms with van der Waals surface area (Å²) in [6.45, 7) is 0.607. The van der Waals surface area contributed by atoms with Gasteiger partial charge in [-0.3, -0.25) is 0 Å². The van der Waals surface area contributed by atoms with Crippen LogP contribution in [0.1, 0.15) is 6.42 Å². The summed E-state index contributed by atoms with van der Waals surface area (Å²) in [4.78, 5) is 6.69. The Kier molecular flexibility index (Phi) is 5.93. The third kappa shape index (κ3) is 4.50. The minimum Gasteiger partial charge on any atom is -0.494 e. The van der Waals surface area contributed by atoms with E-state index in [-0.39, 0.29) is 0 Å². The number of benzene rings is 3. The van der Waals surface area contributed by atoms with Gasteiger partial charge in [0.05, 0.1) is 6.61 Å². The van der Waals surface area contributed by atoms with Crippen molar-refractivity contribution in [3.63, 3.8) is 0 Å². The van der Waals surface area contributed by atoms with E-state index in [1.54, 1.807) is 0 Å². The van der Waals surface area contributed by atoms with Crippen LogP contribution >= 0.6 is 23.2 Å². The topological polar surface area (TPSA) is 38.5 Å². The van der Waals surface area contributed by atoms with Crippen molar-refractivity contribution < 1.29 is 9.15 Å². The first-order valence-corrected chi connectivity index (χ1v) is 10.2. The number of nitrogens with zero attached hydrogens (tertiary/aromatic N) is 2. The number of oxazole rings is 1. The molecule has 4 aromatic rings. The van der Waals surface area contributed by atoms with Gasteiger partial charge in [-0.25, -0.2) is 4.98 Å². The Bertz CT molecular complexity index is 1090. The Morgan fingerprint density at radius 1 is 0.966 bits per heavy atom. The maximum atomic E-state index is 6.02. The highest BCUT2D eigenvalue weighted by atomic mass is 35.5. The molecule has 0 spiro atoms. The zero-order chi connectivity index (χ0) is 20.2. The molecule has 0 amide bonds. The molecule has 0 saturated carbocycles. The normalized spacial score (nSPS) is 11.0. The van der Waals surface area contributed by atoms with Gasteiger partial charge in [-0.1, -0.05) is 11.6 Å². The summed E-state index contributed by atoms with van der Waals surface area (Å²) >= 11 is 11.7. The second-order valence-corrected chi connectivity index (χ2v) is 7.44. The van der Waals surface area contributed by atoms with Gasteiger partial charge in [0.2, 0.25) is 5.89 Å². The standard InChI is InChI=1S/C23H20Cl2N2O2/c1-27(18-7-5-17(25)6-8-18)19-9-12-21-22(15-19)29-23(26-21)16-3-10-20(11-4-16)28-14-2-13-24/h3-12,15H,2,13-14H2,1H3. The van der Waals surface area contributed by atoms with Crippen LogP contribution in [0.5, 0.6) is 5.75 Å². The zero-order valence-corrected chi connectivity index (χ0v) is 17.5. The molecule has 0 atom stereocenters. The molecule has 0 saturated heterocycles. The number of fused-ring (bicyclic) bond motifs is 1. The molecule has 0 aliphatic rings. The number of hydrogen-bond donors (Lipinski definition) is 0. The van der Waals surface area contributed by atoms with Crippen molar-refractivity contribution in [2.75, 3.05) is 24.4 Å². The van der Waals surface area contributed by atoms with E-state index in [0.29, 0.717) is 23.4 Å². The number of alkyl halides is 1. The summed E-state index contributed by atoms with van der Waals surface area (Å²) in [6.07, 6.45) is 0.821. The molecule has 0 N–H and O–H groups in total. The van der Waals surface area contributed by atoms with Crippen LogP contribution in [-0.4, -0.2) is 24.5 Å². The predicted octanol–water partition coefficient (Wildman–Crippen LogP) is 6.92. The summed E-state index contributed by atoms with van der Waals surface area (Å²) in [5, 5.41) is 0.716. The van der Waals surface area contributed by atoms with Crippen LogP contribution in [-0.2, 0) is 0 Å². The molecule has 0 unspecified atom stereocenters. The lowest BCUT2D eigenvalue weighted by atomic mass is 10.2. The molecule has 3 aromatic carbocycles. The Hall–Kier alpha value is -2.69. The lowest BCUT2D eigenvalue weighted by molar-refractivity contribution is 0.318. The Labute approximate surface area is 179 Å². The van der Waals surface area contributed by atoms with E-state index in [1.807, 2.05) is 73.8 Å². The molecule has 0 aliphatic carbocycles. The highest BCUT2D eigenvalue weighted by Crippen LogP contribution is 2.31. The van der Waals surface area contributed by atoms with Crippen molar-refractivity contribution in [1.82, 2.24) is 4.98 Å². The molecular weight excluding hydrogens is 407 g/mol. The highest BCUT2D eigenvalue weighted by Gasteiger charge is 2.11. The predicted molar refractivity (Wildman–Crippen MR) is 120 cm³/mol. The molecule has 4 rings (SSSR count). The van der Waals surface area contributed by atoms with Crippen molar-refractivity contribution >= 4 is 45.7 Å². The smallest absolute Gasteiger partial charge is 0.227 e.